The predicted molar refractivity (Wildman–Crippen MR) is 77.7 cm³/mol. The van der Waals surface area contributed by atoms with Crippen molar-refractivity contribution < 1.29 is 19.3 Å². The van der Waals surface area contributed by atoms with Gasteiger partial charge in [0.1, 0.15) is 29.1 Å². The van der Waals surface area contributed by atoms with Gasteiger partial charge in [0, 0.05) is 33.0 Å². The maximum Gasteiger partial charge on any atom is 0.177 e. The Labute approximate surface area is 127 Å². The Morgan fingerprint density at radius 2 is 2.15 bits per heavy atom. The van der Waals surface area contributed by atoms with Crippen molar-refractivity contribution in [3.8, 4) is 0 Å². The van der Waals surface area contributed by atoms with Gasteiger partial charge >= 0.3 is 0 Å². The van der Waals surface area contributed by atoms with E-state index in [2.05, 4.69) is 4.98 Å². The van der Waals surface area contributed by atoms with Crippen LogP contribution in [0.5, 0.6) is 0 Å². The molecule has 2 rings (SSSR count). The van der Waals surface area contributed by atoms with Gasteiger partial charge in [-0.05, 0) is 12.2 Å². The number of aliphatic hydroxyl groups excluding tert-OH is 1. The third-order valence-corrected chi connectivity index (χ3v) is 4.11. The van der Waals surface area contributed by atoms with Gasteiger partial charge in [-0.2, -0.15) is 0 Å². The number of aromatic nitrogens is 2. The molecule has 2 heterocycles. The van der Waals surface area contributed by atoms with Gasteiger partial charge in [0.2, 0.25) is 0 Å². The molecule has 8 heteroatoms. The SMILES string of the molecule is COC[C@H]1O[C@@H](c2cn(C)c(=S)[nH]c2=S)C(O)C1OC. The van der Waals surface area contributed by atoms with Crippen LogP contribution in [-0.4, -0.2) is 53.8 Å². The summed E-state index contributed by atoms with van der Waals surface area (Å²) in [6.07, 6.45) is -0.399. The number of rotatable bonds is 4. The molecular weight excluding hydrogens is 300 g/mol. The highest BCUT2D eigenvalue weighted by Crippen LogP contribution is 2.35. The minimum atomic E-state index is -0.814. The van der Waals surface area contributed by atoms with Crippen LogP contribution in [0.4, 0.5) is 0 Å². The summed E-state index contributed by atoms with van der Waals surface area (Å²) in [7, 11) is 4.92. The Bertz CT molecular complexity index is 586. The molecule has 0 radical (unpaired) electrons. The van der Waals surface area contributed by atoms with Crippen molar-refractivity contribution in [2.75, 3.05) is 20.8 Å². The summed E-state index contributed by atoms with van der Waals surface area (Å²) in [5.74, 6) is 0. The van der Waals surface area contributed by atoms with E-state index in [0.717, 1.165) is 0 Å². The van der Waals surface area contributed by atoms with Gasteiger partial charge in [-0.1, -0.05) is 12.2 Å². The lowest BCUT2D eigenvalue weighted by atomic mass is 10.0. The number of aryl methyl sites for hydroxylation is 1. The van der Waals surface area contributed by atoms with Gasteiger partial charge in [0.25, 0.3) is 0 Å². The van der Waals surface area contributed by atoms with E-state index in [1.54, 1.807) is 24.9 Å². The molecule has 0 aliphatic carbocycles. The average Bonchev–Trinajstić information content (AvgIpc) is 2.71. The molecule has 2 N–H and O–H groups in total. The van der Waals surface area contributed by atoms with E-state index in [0.29, 0.717) is 21.6 Å². The molecule has 1 saturated heterocycles. The lowest BCUT2D eigenvalue weighted by Crippen LogP contribution is -2.35. The standard InChI is InChI=1S/C12H18N2O4S2/c1-14-4-6(11(19)13-12(14)20)9-8(15)10(17-3)7(18-9)5-16-2/h4,7-10,15H,5H2,1-3H3,(H,13,19,20)/t7-,8?,9+,10?/m1/s1. The van der Waals surface area contributed by atoms with Gasteiger partial charge in [-0.25, -0.2) is 0 Å². The molecule has 4 atom stereocenters. The molecule has 2 unspecified atom stereocenters. The zero-order chi connectivity index (χ0) is 14.9. The zero-order valence-electron chi connectivity index (χ0n) is 11.5. The topological polar surface area (TPSA) is 68.6 Å². The van der Waals surface area contributed by atoms with Crippen LogP contribution in [0.3, 0.4) is 0 Å². The van der Waals surface area contributed by atoms with Gasteiger partial charge in [0.05, 0.1) is 6.61 Å². The van der Waals surface area contributed by atoms with Crippen molar-refractivity contribution in [1.82, 2.24) is 9.55 Å². The summed E-state index contributed by atoms with van der Waals surface area (Å²) >= 11 is 10.4. The van der Waals surface area contributed by atoms with Crippen molar-refractivity contribution in [3.05, 3.63) is 21.2 Å². The maximum absolute atomic E-state index is 10.4. The molecule has 0 saturated carbocycles. The molecule has 112 valence electrons. The van der Waals surface area contributed by atoms with Crippen LogP contribution in [0.2, 0.25) is 0 Å². The Morgan fingerprint density at radius 3 is 2.75 bits per heavy atom. The van der Waals surface area contributed by atoms with E-state index in [1.165, 1.54) is 7.11 Å². The molecule has 1 aromatic rings. The molecule has 1 aliphatic rings. The van der Waals surface area contributed by atoms with Crippen molar-refractivity contribution >= 4 is 24.4 Å². The monoisotopic (exact) mass is 318 g/mol. The highest BCUT2D eigenvalue weighted by molar-refractivity contribution is 7.72. The predicted octanol–water partition coefficient (Wildman–Crippen LogP) is 1.27. The summed E-state index contributed by atoms with van der Waals surface area (Å²) in [6, 6.07) is 0. The third-order valence-electron chi connectivity index (χ3n) is 3.38. The van der Waals surface area contributed by atoms with Crippen molar-refractivity contribution in [2.45, 2.75) is 24.4 Å². The van der Waals surface area contributed by atoms with Crippen LogP contribution >= 0.6 is 24.4 Å². The summed E-state index contributed by atoms with van der Waals surface area (Å²) in [6.45, 7) is 0.341. The van der Waals surface area contributed by atoms with E-state index in [4.69, 9.17) is 38.6 Å². The maximum atomic E-state index is 10.4. The average molecular weight is 318 g/mol. The Hall–Kier alpha value is -0.640. The molecule has 0 aromatic carbocycles. The van der Waals surface area contributed by atoms with Crippen LogP contribution in [0.15, 0.2) is 6.20 Å². The Balaban J connectivity index is 2.36. The van der Waals surface area contributed by atoms with Gasteiger partial charge < -0.3 is 28.9 Å². The van der Waals surface area contributed by atoms with Crippen LogP contribution in [0.25, 0.3) is 0 Å². The van der Waals surface area contributed by atoms with E-state index >= 15 is 0 Å². The van der Waals surface area contributed by atoms with Gasteiger partial charge in [0.15, 0.2) is 4.77 Å². The number of ether oxygens (including phenoxy) is 3. The van der Waals surface area contributed by atoms with Crippen molar-refractivity contribution in [2.24, 2.45) is 7.05 Å². The van der Waals surface area contributed by atoms with E-state index in [1.807, 2.05) is 0 Å². The van der Waals surface area contributed by atoms with Crippen LogP contribution in [0.1, 0.15) is 11.7 Å². The summed E-state index contributed by atoms with van der Waals surface area (Å²) < 4.78 is 18.9. The summed E-state index contributed by atoms with van der Waals surface area (Å²) in [5.41, 5.74) is 0.684. The fraction of sp³-hybridized carbons (Fsp3) is 0.667. The highest BCUT2D eigenvalue weighted by atomic mass is 32.1. The second-order valence-electron chi connectivity index (χ2n) is 4.70. The van der Waals surface area contributed by atoms with Crippen molar-refractivity contribution in [3.63, 3.8) is 0 Å². The first-order valence-electron chi connectivity index (χ1n) is 6.14. The number of H-pyrrole nitrogens is 1. The number of nitrogens with zero attached hydrogens (tertiary/aromatic N) is 1. The zero-order valence-corrected chi connectivity index (χ0v) is 13.2. The number of aliphatic hydroxyl groups is 1. The molecule has 0 bridgehead atoms. The minimum Gasteiger partial charge on any atom is -0.387 e. The number of aromatic amines is 1. The first-order valence-corrected chi connectivity index (χ1v) is 6.96. The second kappa shape index (κ2) is 6.42. The molecule has 0 amide bonds. The van der Waals surface area contributed by atoms with Crippen LogP contribution < -0.4 is 0 Å². The van der Waals surface area contributed by atoms with Crippen LogP contribution in [0, 0.1) is 9.41 Å². The first-order chi connectivity index (χ1) is 9.49. The molecule has 20 heavy (non-hydrogen) atoms. The smallest absolute Gasteiger partial charge is 0.177 e. The summed E-state index contributed by atoms with van der Waals surface area (Å²) in [4.78, 5) is 2.91. The minimum absolute atomic E-state index is 0.340. The van der Waals surface area contributed by atoms with E-state index in [-0.39, 0.29) is 6.10 Å². The lowest BCUT2D eigenvalue weighted by molar-refractivity contribution is -0.0460. The Morgan fingerprint density at radius 1 is 1.45 bits per heavy atom. The molecule has 6 nitrogen and oxygen atoms in total. The third kappa shape index (κ3) is 2.85. The largest absolute Gasteiger partial charge is 0.387 e. The fourth-order valence-corrected chi connectivity index (χ4v) is 2.86. The normalized spacial score (nSPS) is 29.8. The quantitative estimate of drug-likeness (QED) is 0.815. The molecule has 0 spiro atoms. The van der Waals surface area contributed by atoms with Crippen molar-refractivity contribution in [1.29, 1.82) is 0 Å². The second-order valence-corrected chi connectivity index (χ2v) is 5.49. The number of hydrogen-bond acceptors (Lipinski definition) is 6. The number of methoxy groups -OCH3 is 2. The fourth-order valence-electron chi connectivity index (χ4n) is 2.37. The Kier molecular flexibility index (Phi) is 5.05. The highest BCUT2D eigenvalue weighted by Gasteiger charge is 2.45. The van der Waals surface area contributed by atoms with Gasteiger partial charge in [-0.3, -0.25) is 0 Å². The molecule has 1 aromatic heterocycles. The first kappa shape index (κ1) is 15.7. The van der Waals surface area contributed by atoms with Crippen LogP contribution in [-0.2, 0) is 21.3 Å². The molecular formula is C12H18N2O4S2. The number of hydrogen-bond donors (Lipinski definition) is 2. The van der Waals surface area contributed by atoms with Gasteiger partial charge in [-0.15, -0.1) is 0 Å². The lowest BCUT2D eigenvalue weighted by Gasteiger charge is -2.18. The molecule has 1 fully saturated rings. The number of nitrogens with one attached hydrogen (secondary N) is 1. The summed E-state index contributed by atoms with van der Waals surface area (Å²) in [5, 5.41) is 10.4. The van der Waals surface area contributed by atoms with E-state index in [9.17, 15) is 5.11 Å². The van der Waals surface area contributed by atoms with E-state index < -0.39 is 18.3 Å². The molecule has 1 aliphatic heterocycles.